The molecular weight excluding hydrogens is 460 g/mol. The first-order valence-corrected chi connectivity index (χ1v) is 12.3. The summed E-state index contributed by atoms with van der Waals surface area (Å²) in [6.45, 7) is 4.88. The molecule has 2 amide bonds. The molecule has 0 bridgehead atoms. The quantitative estimate of drug-likeness (QED) is 0.510. The Hall–Kier alpha value is -3.72. The monoisotopic (exact) mass is 490 g/mol. The third-order valence-corrected chi connectivity index (χ3v) is 7.40. The largest absolute Gasteiger partial charge is 0.469 e. The number of hydrogen-bond acceptors (Lipinski definition) is 6. The van der Waals surface area contributed by atoms with E-state index in [1.54, 1.807) is 4.90 Å². The molecule has 2 aromatic carbocycles. The molecule has 0 radical (unpaired) electrons. The van der Waals surface area contributed by atoms with Gasteiger partial charge in [-0.2, -0.15) is 0 Å². The van der Waals surface area contributed by atoms with E-state index in [-0.39, 0.29) is 18.2 Å². The van der Waals surface area contributed by atoms with Crippen molar-refractivity contribution in [2.75, 3.05) is 26.8 Å². The van der Waals surface area contributed by atoms with Crippen LogP contribution in [0.1, 0.15) is 42.4 Å². The highest BCUT2D eigenvalue weighted by Gasteiger charge is 2.58. The Morgan fingerprint density at radius 3 is 2.50 bits per heavy atom. The first-order valence-electron chi connectivity index (χ1n) is 12.3. The molecule has 2 aliphatic heterocycles. The van der Waals surface area contributed by atoms with Crippen LogP contribution < -0.4 is 0 Å². The van der Waals surface area contributed by atoms with Crippen LogP contribution >= 0.6 is 0 Å². The maximum atomic E-state index is 13.4. The molecule has 0 N–H and O–H groups in total. The highest BCUT2D eigenvalue weighted by atomic mass is 16.7. The lowest BCUT2D eigenvalue weighted by atomic mass is 9.77. The summed E-state index contributed by atoms with van der Waals surface area (Å²) in [5, 5.41) is 1.38. The third-order valence-electron chi connectivity index (χ3n) is 7.40. The number of ether oxygens (including phenoxy) is 1. The molecule has 2 fully saturated rings. The van der Waals surface area contributed by atoms with Crippen LogP contribution in [-0.4, -0.2) is 69.6 Å². The van der Waals surface area contributed by atoms with Crippen LogP contribution in [0.25, 0.3) is 16.7 Å². The zero-order valence-electron chi connectivity index (χ0n) is 20.8. The highest BCUT2D eigenvalue weighted by Crippen LogP contribution is 2.44. The van der Waals surface area contributed by atoms with Crippen molar-refractivity contribution < 1.29 is 24.0 Å². The number of hydroxylamine groups is 2. The predicted octanol–water partition coefficient (Wildman–Crippen LogP) is 3.28. The van der Waals surface area contributed by atoms with Gasteiger partial charge in [0, 0.05) is 30.8 Å². The summed E-state index contributed by atoms with van der Waals surface area (Å²) in [6, 6.07) is 15.6. The summed E-state index contributed by atoms with van der Waals surface area (Å²) in [6.07, 6.45) is 0.934. The van der Waals surface area contributed by atoms with Crippen molar-refractivity contribution in [3.05, 3.63) is 59.9 Å². The van der Waals surface area contributed by atoms with E-state index in [0.29, 0.717) is 38.1 Å². The Balaban J connectivity index is 1.38. The van der Waals surface area contributed by atoms with Crippen LogP contribution in [0.5, 0.6) is 0 Å². The van der Waals surface area contributed by atoms with Gasteiger partial charge in [-0.05, 0) is 57.0 Å². The number of nitrogens with zero attached hydrogens (tertiary/aromatic N) is 4. The lowest BCUT2D eigenvalue weighted by Gasteiger charge is -2.45. The van der Waals surface area contributed by atoms with Crippen molar-refractivity contribution in [3.8, 4) is 5.69 Å². The van der Waals surface area contributed by atoms with Crippen molar-refractivity contribution in [2.45, 2.75) is 38.6 Å². The van der Waals surface area contributed by atoms with E-state index in [1.807, 2.05) is 62.4 Å². The number of carbonyl (C=O) groups is 3. The van der Waals surface area contributed by atoms with Gasteiger partial charge in [0.25, 0.3) is 5.91 Å². The molecule has 0 aliphatic carbocycles. The lowest BCUT2D eigenvalue weighted by molar-refractivity contribution is -0.220. The van der Waals surface area contributed by atoms with Crippen LogP contribution in [0.15, 0.2) is 48.5 Å². The number of imidazole rings is 1. The Bertz CT molecular complexity index is 1310. The normalized spacial score (nSPS) is 19.3. The third kappa shape index (κ3) is 3.83. The highest BCUT2D eigenvalue weighted by molar-refractivity contribution is 5.98. The van der Waals surface area contributed by atoms with Gasteiger partial charge in [0.1, 0.15) is 5.82 Å². The number of amides is 2. The summed E-state index contributed by atoms with van der Waals surface area (Å²) in [4.78, 5) is 50.8. The summed E-state index contributed by atoms with van der Waals surface area (Å²) in [7, 11) is 1.33. The molecule has 1 spiro atoms. The van der Waals surface area contributed by atoms with E-state index in [4.69, 9.17) is 14.6 Å². The zero-order valence-corrected chi connectivity index (χ0v) is 20.8. The van der Waals surface area contributed by atoms with Gasteiger partial charge in [0.05, 0.1) is 36.2 Å². The zero-order chi connectivity index (χ0) is 25.4. The van der Waals surface area contributed by atoms with E-state index >= 15 is 0 Å². The fourth-order valence-corrected chi connectivity index (χ4v) is 5.68. The topological polar surface area (TPSA) is 94.0 Å². The Morgan fingerprint density at radius 1 is 1.11 bits per heavy atom. The number of hydrogen-bond donors (Lipinski definition) is 0. The average molecular weight is 491 g/mol. The summed E-state index contributed by atoms with van der Waals surface area (Å²) in [5.41, 5.74) is 2.47. The Morgan fingerprint density at radius 2 is 1.83 bits per heavy atom. The maximum absolute atomic E-state index is 13.4. The molecule has 0 saturated carbocycles. The number of likely N-dealkylation sites (tertiary alicyclic amines) is 1. The van der Waals surface area contributed by atoms with E-state index in [2.05, 4.69) is 4.57 Å². The second kappa shape index (κ2) is 9.39. The average Bonchev–Trinajstić information content (AvgIpc) is 3.37. The number of aryl methyl sites for hydroxylation is 1. The van der Waals surface area contributed by atoms with Gasteiger partial charge in [-0.1, -0.05) is 18.2 Å². The second-order valence-corrected chi connectivity index (χ2v) is 9.32. The van der Waals surface area contributed by atoms with E-state index in [9.17, 15) is 14.4 Å². The minimum atomic E-state index is -0.799. The van der Waals surface area contributed by atoms with Gasteiger partial charge >= 0.3 is 5.97 Å². The summed E-state index contributed by atoms with van der Waals surface area (Å²) in [5.74, 6) is -0.501. The van der Waals surface area contributed by atoms with Gasteiger partial charge < -0.3 is 9.64 Å². The Kier molecular flexibility index (Phi) is 6.26. The van der Waals surface area contributed by atoms with Crippen molar-refractivity contribution in [1.82, 2.24) is 19.5 Å². The van der Waals surface area contributed by atoms with Crippen LogP contribution in [0.3, 0.4) is 0 Å². The minimum absolute atomic E-state index is 0.0563. The first kappa shape index (κ1) is 24.0. The number of para-hydroxylation sites is 1. The molecule has 2 aliphatic rings. The molecule has 2 saturated heterocycles. The van der Waals surface area contributed by atoms with Crippen molar-refractivity contribution >= 4 is 28.8 Å². The first-order chi connectivity index (χ1) is 17.4. The SMILES string of the molecule is CCON1C(=O)C[C@H](C(=O)OC)C12CCN(C(=O)c1ccc3c(c1)nc(C)n3-c1ccccc1)CC2. The molecule has 3 heterocycles. The maximum Gasteiger partial charge on any atom is 0.311 e. The Labute approximate surface area is 209 Å². The number of methoxy groups -OCH3 is 1. The van der Waals surface area contributed by atoms with Gasteiger partial charge in [-0.15, -0.1) is 0 Å². The van der Waals surface area contributed by atoms with E-state index in [1.165, 1.54) is 12.2 Å². The summed E-state index contributed by atoms with van der Waals surface area (Å²) < 4.78 is 7.07. The van der Waals surface area contributed by atoms with Gasteiger partial charge in [-0.3, -0.25) is 23.8 Å². The smallest absolute Gasteiger partial charge is 0.311 e. The molecule has 9 heteroatoms. The molecule has 3 aromatic rings. The van der Waals surface area contributed by atoms with Gasteiger partial charge in [-0.25, -0.2) is 10.0 Å². The predicted molar refractivity (Wildman–Crippen MR) is 132 cm³/mol. The van der Waals surface area contributed by atoms with E-state index in [0.717, 1.165) is 22.5 Å². The van der Waals surface area contributed by atoms with Crippen LogP contribution in [0, 0.1) is 12.8 Å². The van der Waals surface area contributed by atoms with Gasteiger partial charge in [0.2, 0.25) is 5.91 Å². The standard InChI is InChI=1S/C27H30N4O5/c1-4-36-31-24(32)17-21(26(34)35-3)27(31)12-14-29(15-13-27)25(33)19-10-11-23-22(16-19)28-18(2)30(23)20-8-6-5-7-9-20/h5-11,16,21H,4,12-15,17H2,1-3H3/t21-/m1/s1. The molecule has 0 unspecified atom stereocenters. The number of benzene rings is 2. The number of rotatable bonds is 5. The fraction of sp³-hybridized carbons (Fsp3) is 0.407. The minimum Gasteiger partial charge on any atom is -0.469 e. The van der Waals surface area contributed by atoms with Crippen molar-refractivity contribution in [3.63, 3.8) is 0 Å². The number of aromatic nitrogens is 2. The number of esters is 1. The molecule has 9 nitrogen and oxygen atoms in total. The van der Waals surface area contributed by atoms with Crippen LogP contribution in [-0.2, 0) is 19.2 Å². The molecular formula is C27H30N4O5. The van der Waals surface area contributed by atoms with Gasteiger partial charge in [0.15, 0.2) is 0 Å². The van der Waals surface area contributed by atoms with Crippen molar-refractivity contribution in [1.29, 1.82) is 0 Å². The molecule has 5 rings (SSSR count). The van der Waals surface area contributed by atoms with E-state index < -0.39 is 17.4 Å². The van der Waals surface area contributed by atoms with Crippen LogP contribution in [0.2, 0.25) is 0 Å². The molecule has 36 heavy (non-hydrogen) atoms. The number of carbonyl (C=O) groups excluding carboxylic acids is 3. The number of piperidine rings is 1. The summed E-state index contributed by atoms with van der Waals surface area (Å²) >= 11 is 0. The lowest BCUT2D eigenvalue weighted by Crippen LogP contribution is -2.58. The molecule has 1 atom stereocenters. The van der Waals surface area contributed by atoms with Crippen molar-refractivity contribution in [2.24, 2.45) is 5.92 Å². The fourth-order valence-electron chi connectivity index (χ4n) is 5.68. The molecule has 1 aromatic heterocycles. The second-order valence-electron chi connectivity index (χ2n) is 9.32. The van der Waals surface area contributed by atoms with Crippen LogP contribution in [0.4, 0.5) is 0 Å². The number of fused-ring (bicyclic) bond motifs is 1. The molecule has 188 valence electrons.